The zero-order valence-electron chi connectivity index (χ0n) is 10.3. The Kier molecular flexibility index (Phi) is 3.53. The molecule has 0 aliphatic heterocycles. The number of carboxylic acids is 1. The summed E-state index contributed by atoms with van der Waals surface area (Å²) in [6.45, 7) is 4.09. The minimum absolute atomic E-state index is 0.239. The summed E-state index contributed by atoms with van der Waals surface area (Å²) in [6, 6.07) is 6.78. The smallest absolute Gasteiger partial charge is 0.336 e. The van der Waals surface area contributed by atoms with Crippen molar-refractivity contribution in [3.63, 3.8) is 0 Å². The number of fused-ring (bicyclic) bond motifs is 1. The highest BCUT2D eigenvalue weighted by Gasteiger charge is 2.14. The molecule has 1 unspecified atom stereocenters. The van der Waals surface area contributed by atoms with Gasteiger partial charge in [-0.15, -0.1) is 0 Å². The summed E-state index contributed by atoms with van der Waals surface area (Å²) in [7, 11) is 0. The molecule has 94 valence electrons. The molecule has 0 saturated carbocycles. The quantitative estimate of drug-likeness (QED) is 0.907. The number of nitrogens with zero attached hydrogens (tertiary/aromatic N) is 1. The monoisotopic (exact) mass is 263 g/mol. The maximum Gasteiger partial charge on any atom is 0.336 e. The Morgan fingerprint density at radius 1 is 1.44 bits per heavy atom. The van der Waals surface area contributed by atoms with Crippen LogP contribution in [0.2, 0.25) is 5.02 Å². The molecular weight excluding hydrogens is 250 g/mol. The molecule has 0 aliphatic carbocycles. The van der Waals surface area contributed by atoms with Crippen LogP contribution >= 0.6 is 11.6 Å². The first-order valence-electron chi connectivity index (χ1n) is 5.86. The van der Waals surface area contributed by atoms with Gasteiger partial charge in [0.2, 0.25) is 0 Å². The molecule has 0 radical (unpaired) electrons. The number of carboxylic acid groups (broad SMARTS) is 1. The Morgan fingerprint density at radius 3 is 2.78 bits per heavy atom. The summed E-state index contributed by atoms with van der Waals surface area (Å²) in [5.41, 5.74) is 1.75. The molecule has 0 bridgehead atoms. The first-order chi connectivity index (χ1) is 8.52. The highest BCUT2D eigenvalue weighted by Crippen LogP contribution is 2.26. The summed E-state index contributed by atoms with van der Waals surface area (Å²) in [4.78, 5) is 15.8. The molecule has 18 heavy (non-hydrogen) atoms. The van der Waals surface area contributed by atoms with E-state index in [1.165, 1.54) is 0 Å². The fourth-order valence-electron chi connectivity index (χ4n) is 1.86. The lowest BCUT2D eigenvalue weighted by Gasteiger charge is -2.11. The Bertz CT molecular complexity index is 610. The van der Waals surface area contributed by atoms with E-state index in [-0.39, 0.29) is 11.5 Å². The summed E-state index contributed by atoms with van der Waals surface area (Å²) >= 11 is 5.90. The van der Waals surface area contributed by atoms with Gasteiger partial charge in [0.05, 0.1) is 11.1 Å². The normalized spacial score (nSPS) is 12.6. The van der Waals surface area contributed by atoms with E-state index in [1.807, 2.05) is 6.92 Å². The minimum atomic E-state index is -0.950. The molecule has 0 aliphatic rings. The summed E-state index contributed by atoms with van der Waals surface area (Å²) < 4.78 is 0. The van der Waals surface area contributed by atoms with E-state index in [0.29, 0.717) is 15.9 Å². The maximum absolute atomic E-state index is 11.3. The SMILES string of the molecule is CCC(C)c1cc(C(=O)O)c2cc(Cl)ccc2n1. The lowest BCUT2D eigenvalue weighted by atomic mass is 10.00. The molecule has 3 nitrogen and oxygen atoms in total. The molecule has 0 amide bonds. The maximum atomic E-state index is 11.3. The van der Waals surface area contributed by atoms with Crippen molar-refractivity contribution in [1.82, 2.24) is 4.98 Å². The van der Waals surface area contributed by atoms with Gasteiger partial charge in [0.1, 0.15) is 0 Å². The lowest BCUT2D eigenvalue weighted by molar-refractivity contribution is 0.0699. The summed E-state index contributed by atoms with van der Waals surface area (Å²) in [6.07, 6.45) is 0.922. The van der Waals surface area contributed by atoms with Crippen molar-refractivity contribution in [3.05, 3.63) is 40.5 Å². The number of hydrogen-bond donors (Lipinski definition) is 1. The van der Waals surface area contributed by atoms with E-state index in [2.05, 4.69) is 11.9 Å². The number of pyridine rings is 1. The zero-order valence-corrected chi connectivity index (χ0v) is 11.0. The van der Waals surface area contributed by atoms with Crippen LogP contribution in [-0.2, 0) is 0 Å². The van der Waals surface area contributed by atoms with Gasteiger partial charge in [0, 0.05) is 16.1 Å². The van der Waals surface area contributed by atoms with E-state index in [9.17, 15) is 9.90 Å². The minimum Gasteiger partial charge on any atom is -0.478 e. The predicted octanol–water partition coefficient (Wildman–Crippen LogP) is 4.10. The van der Waals surface area contributed by atoms with Gasteiger partial charge in [0.15, 0.2) is 0 Å². The second-order valence-electron chi connectivity index (χ2n) is 4.37. The molecule has 2 aromatic rings. The molecule has 4 heteroatoms. The van der Waals surface area contributed by atoms with Crippen molar-refractivity contribution in [2.75, 3.05) is 0 Å². The van der Waals surface area contributed by atoms with Crippen molar-refractivity contribution >= 4 is 28.5 Å². The zero-order chi connectivity index (χ0) is 13.3. The van der Waals surface area contributed by atoms with Crippen LogP contribution in [0.15, 0.2) is 24.3 Å². The average Bonchev–Trinajstić information content (AvgIpc) is 2.36. The number of aromatic carboxylic acids is 1. The highest BCUT2D eigenvalue weighted by molar-refractivity contribution is 6.31. The van der Waals surface area contributed by atoms with Gasteiger partial charge in [-0.2, -0.15) is 0 Å². The topological polar surface area (TPSA) is 50.2 Å². The second kappa shape index (κ2) is 4.94. The first kappa shape index (κ1) is 12.8. The molecule has 2 rings (SSSR count). The fourth-order valence-corrected chi connectivity index (χ4v) is 2.03. The number of rotatable bonds is 3. The van der Waals surface area contributed by atoms with Crippen LogP contribution in [-0.4, -0.2) is 16.1 Å². The fraction of sp³-hybridized carbons (Fsp3) is 0.286. The average molecular weight is 264 g/mol. The third-order valence-electron chi connectivity index (χ3n) is 3.14. The van der Waals surface area contributed by atoms with Crippen molar-refractivity contribution in [1.29, 1.82) is 0 Å². The predicted molar refractivity (Wildman–Crippen MR) is 72.4 cm³/mol. The molecular formula is C14H14ClNO2. The number of carbonyl (C=O) groups is 1. The van der Waals surface area contributed by atoms with Gasteiger partial charge in [-0.3, -0.25) is 4.98 Å². The Hall–Kier alpha value is -1.61. The van der Waals surface area contributed by atoms with Gasteiger partial charge in [-0.05, 0) is 36.6 Å². The lowest BCUT2D eigenvalue weighted by Crippen LogP contribution is -2.04. The first-order valence-corrected chi connectivity index (χ1v) is 6.24. The molecule has 0 saturated heterocycles. The standard InChI is InChI=1S/C14H14ClNO2/c1-3-8(2)13-7-11(14(17)18)10-6-9(15)4-5-12(10)16-13/h4-8H,3H2,1-2H3,(H,17,18). The van der Waals surface area contributed by atoms with Crippen LogP contribution in [0.25, 0.3) is 10.9 Å². The van der Waals surface area contributed by atoms with Crippen molar-refractivity contribution < 1.29 is 9.90 Å². The molecule has 0 fully saturated rings. The molecule has 1 atom stereocenters. The van der Waals surface area contributed by atoms with Crippen molar-refractivity contribution in [2.45, 2.75) is 26.2 Å². The Labute approximate surface area is 110 Å². The van der Waals surface area contributed by atoms with Gasteiger partial charge in [-0.25, -0.2) is 4.79 Å². The van der Waals surface area contributed by atoms with E-state index in [4.69, 9.17) is 11.6 Å². The van der Waals surface area contributed by atoms with Gasteiger partial charge >= 0.3 is 5.97 Å². The Balaban J connectivity index is 2.74. The third-order valence-corrected chi connectivity index (χ3v) is 3.37. The van der Waals surface area contributed by atoms with E-state index >= 15 is 0 Å². The number of halogens is 1. The second-order valence-corrected chi connectivity index (χ2v) is 4.81. The van der Waals surface area contributed by atoms with Crippen LogP contribution in [0.4, 0.5) is 0 Å². The number of aromatic nitrogens is 1. The molecule has 0 spiro atoms. The highest BCUT2D eigenvalue weighted by atomic mass is 35.5. The van der Waals surface area contributed by atoms with Crippen LogP contribution in [0.5, 0.6) is 0 Å². The Morgan fingerprint density at radius 2 is 2.17 bits per heavy atom. The molecule has 1 aromatic carbocycles. The van der Waals surface area contributed by atoms with Gasteiger partial charge in [-0.1, -0.05) is 25.4 Å². The van der Waals surface area contributed by atoms with Crippen LogP contribution in [0, 0.1) is 0 Å². The summed E-state index contributed by atoms with van der Waals surface area (Å²) in [5.74, 6) is -0.711. The molecule has 1 heterocycles. The van der Waals surface area contributed by atoms with Gasteiger partial charge in [0.25, 0.3) is 0 Å². The number of benzene rings is 1. The summed E-state index contributed by atoms with van der Waals surface area (Å²) in [5, 5.41) is 10.4. The number of hydrogen-bond acceptors (Lipinski definition) is 2. The van der Waals surface area contributed by atoms with Crippen LogP contribution in [0.3, 0.4) is 0 Å². The molecule has 1 aromatic heterocycles. The third kappa shape index (κ3) is 2.31. The largest absolute Gasteiger partial charge is 0.478 e. The van der Waals surface area contributed by atoms with Gasteiger partial charge < -0.3 is 5.11 Å². The van der Waals surface area contributed by atoms with Crippen molar-refractivity contribution in [2.24, 2.45) is 0 Å². The molecule has 1 N–H and O–H groups in total. The van der Waals surface area contributed by atoms with E-state index < -0.39 is 5.97 Å². The van der Waals surface area contributed by atoms with E-state index in [0.717, 1.165) is 12.1 Å². The van der Waals surface area contributed by atoms with Crippen LogP contribution < -0.4 is 0 Å². The van der Waals surface area contributed by atoms with E-state index in [1.54, 1.807) is 24.3 Å². The van der Waals surface area contributed by atoms with Crippen molar-refractivity contribution in [3.8, 4) is 0 Å². The van der Waals surface area contributed by atoms with Crippen LogP contribution in [0.1, 0.15) is 42.2 Å².